The van der Waals surface area contributed by atoms with Crippen molar-refractivity contribution in [3.63, 3.8) is 0 Å². The third-order valence-corrected chi connectivity index (χ3v) is 3.12. The normalized spacial score (nSPS) is 11.4. The molecule has 0 unspecified atom stereocenters. The standard InChI is InChI=1S/C15H34N4O2.HI/c1-5-10-19(6-2)11-9-18-15(16-3)17-8-7-12-21-14-13-20-4;/h5-14H2,1-4H3,(H2,16,17,18);1H. The molecule has 0 saturated heterocycles. The zero-order valence-electron chi connectivity index (χ0n) is 14.7. The molecule has 134 valence electrons. The van der Waals surface area contributed by atoms with Crippen LogP contribution in [0.1, 0.15) is 26.7 Å². The van der Waals surface area contributed by atoms with Crippen LogP contribution in [0.25, 0.3) is 0 Å². The van der Waals surface area contributed by atoms with E-state index in [1.807, 2.05) is 0 Å². The average Bonchev–Trinajstić information content (AvgIpc) is 2.51. The summed E-state index contributed by atoms with van der Waals surface area (Å²) in [6.45, 7) is 11.5. The molecule has 0 amide bonds. The Hall–Kier alpha value is -0.120. The molecule has 0 fully saturated rings. The van der Waals surface area contributed by atoms with E-state index in [9.17, 15) is 0 Å². The van der Waals surface area contributed by atoms with Gasteiger partial charge < -0.3 is 25.0 Å². The van der Waals surface area contributed by atoms with Gasteiger partial charge >= 0.3 is 0 Å². The Labute approximate surface area is 153 Å². The van der Waals surface area contributed by atoms with Gasteiger partial charge in [0.1, 0.15) is 0 Å². The molecular weight excluding hydrogens is 395 g/mol. The summed E-state index contributed by atoms with van der Waals surface area (Å²) in [7, 11) is 3.48. The Morgan fingerprint density at radius 1 is 1.05 bits per heavy atom. The minimum Gasteiger partial charge on any atom is -0.382 e. The molecule has 0 saturated carbocycles. The van der Waals surface area contributed by atoms with Gasteiger partial charge in [0.15, 0.2) is 5.96 Å². The second-order valence-corrected chi connectivity index (χ2v) is 4.82. The minimum atomic E-state index is 0. The third-order valence-electron chi connectivity index (χ3n) is 3.12. The first-order valence-corrected chi connectivity index (χ1v) is 8.02. The molecular formula is C15H35IN4O2. The molecule has 2 N–H and O–H groups in total. The fraction of sp³-hybridized carbons (Fsp3) is 0.933. The first-order valence-electron chi connectivity index (χ1n) is 8.02. The molecule has 0 aliphatic carbocycles. The van der Waals surface area contributed by atoms with Crippen LogP contribution in [0.3, 0.4) is 0 Å². The maximum atomic E-state index is 5.41. The topological polar surface area (TPSA) is 58.1 Å². The van der Waals surface area contributed by atoms with Gasteiger partial charge in [-0.2, -0.15) is 0 Å². The monoisotopic (exact) mass is 430 g/mol. The molecule has 0 heterocycles. The fourth-order valence-corrected chi connectivity index (χ4v) is 1.92. The first kappa shape index (κ1) is 24.1. The van der Waals surface area contributed by atoms with Gasteiger partial charge in [-0.3, -0.25) is 4.99 Å². The van der Waals surface area contributed by atoms with E-state index < -0.39 is 0 Å². The summed E-state index contributed by atoms with van der Waals surface area (Å²) in [5.74, 6) is 0.861. The van der Waals surface area contributed by atoms with Gasteiger partial charge in [0.25, 0.3) is 0 Å². The average molecular weight is 430 g/mol. The fourth-order valence-electron chi connectivity index (χ4n) is 1.92. The molecule has 7 heteroatoms. The number of rotatable bonds is 13. The van der Waals surface area contributed by atoms with E-state index in [4.69, 9.17) is 9.47 Å². The van der Waals surface area contributed by atoms with Crippen molar-refractivity contribution in [2.75, 3.05) is 66.7 Å². The summed E-state index contributed by atoms with van der Waals surface area (Å²) in [5, 5.41) is 6.63. The lowest BCUT2D eigenvalue weighted by atomic mass is 10.4. The van der Waals surface area contributed by atoms with Crippen LogP contribution in [-0.2, 0) is 9.47 Å². The highest BCUT2D eigenvalue weighted by molar-refractivity contribution is 14.0. The zero-order chi connectivity index (χ0) is 15.8. The Bertz CT molecular complexity index is 256. The van der Waals surface area contributed by atoms with Crippen molar-refractivity contribution in [1.29, 1.82) is 0 Å². The molecule has 22 heavy (non-hydrogen) atoms. The van der Waals surface area contributed by atoms with Crippen molar-refractivity contribution >= 4 is 29.9 Å². The molecule has 0 aromatic heterocycles. The van der Waals surface area contributed by atoms with Crippen molar-refractivity contribution in [3.05, 3.63) is 0 Å². The number of guanidine groups is 1. The maximum absolute atomic E-state index is 5.41. The Morgan fingerprint density at radius 3 is 2.36 bits per heavy atom. The molecule has 0 aromatic carbocycles. The quantitative estimate of drug-likeness (QED) is 0.201. The molecule has 0 bridgehead atoms. The Morgan fingerprint density at radius 2 is 1.77 bits per heavy atom. The van der Waals surface area contributed by atoms with E-state index in [1.165, 1.54) is 6.42 Å². The number of nitrogens with zero attached hydrogens (tertiary/aromatic N) is 2. The van der Waals surface area contributed by atoms with Crippen LogP contribution in [0, 0.1) is 0 Å². The van der Waals surface area contributed by atoms with Crippen molar-refractivity contribution in [3.8, 4) is 0 Å². The van der Waals surface area contributed by atoms with E-state index in [0.717, 1.165) is 51.7 Å². The zero-order valence-corrected chi connectivity index (χ0v) is 17.0. The molecule has 0 rings (SSSR count). The van der Waals surface area contributed by atoms with Crippen molar-refractivity contribution in [2.45, 2.75) is 26.7 Å². The second-order valence-electron chi connectivity index (χ2n) is 4.82. The van der Waals surface area contributed by atoms with Crippen molar-refractivity contribution in [1.82, 2.24) is 15.5 Å². The van der Waals surface area contributed by atoms with E-state index >= 15 is 0 Å². The highest BCUT2D eigenvalue weighted by Gasteiger charge is 2.01. The molecule has 0 aliphatic rings. The number of hydrogen-bond donors (Lipinski definition) is 2. The minimum absolute atomic E-state index is 0. The summed E-state index contributed by atoms with van der Waals surface area (Å²) in [6, 6.07) is 0. The summed E-state index contributed by atoms with van der Waals surface area (Å²) in [5.41, 5.74) is 0. The number of halogens is 1. The highest BCUT2D eigenvalue weighted by Crippen LogP contribution is 1.89. The van der Waals surface area contributed by atoms with Crippen LogP contribution in [0.2, 0.25) is 0 Å². The summed E-state index contributed by atoms with van der Waals surface area (Å²) < 4.78 is 10.3. The summed E-state index contributed by atoms with van der Waals surface area (Å²) in [4.78, 5) is 6.65. The summed E-state index contributed by atoms with van der Waals surface area (Å²) in [6.07, 6.45) is 2.16. The highest BCUT2D eigenvalue weighted by atomic mass is 127. The molecule has 0 radical (unpaired) electrons. The number of nitrogens with one attached hydrogen (secondary N) is 2. The number of methoxy groups -OCH3 is 1. The second kappa shape index (κ2) is 18.9. The van der Waals surface area contributed by atoms with E-state index in [-0.39, 0.29) is 24.0 Å². The van der Waals surface area contributed by atoms with Crippen molar-refractivity contribution < 1.29 is 9.47 Å². The van der Waals surface area contributed by atoms with Gasteiger partial charge in [-0.25, -0.2) is 0 Å². The van der Waals surface area contributed by atoms with Gasteiger partial charge in [0.2, 0.25) is 0 Å². The predicted molar refractivity (Wildman–Crippen MR) is 104 cm³/mol. The third kappa shape index (κ3) is 14.8. The largest absolute Gasteiger partial charge is 0.382 e. The predicted octanol–water partition coefficient (Wildman–Crippen LogP) is 1.55. The number of likely N-dealkylation sites (N-methyl/N-ethyl adjacent to an activating group) is 1. The molecule has 6 nitrogen and oxygen atoms in total. The van der Waals surface area contributed by atoms with E-state index in [0.29, 0.717) is 13.2 Å². The van der Waals surface area contributed by atoms with E-state index in [2.05, 4.69) is 34.4 Å². The Balaban J connectivity index is 0. The van der Waals surface area contributed by atoms with Gasteiger partial charge in [0, 0.05) is 40.4 Å². The lowest BCUT2D eigenvalue weighted by Gasteiger charge is -2.20. The first-order chi connectivity index (χ1) is 10.3. The lowest BCUT2D eigenvalue weighted by molar-refractivity contribution is 0.0698. The van der Waals surface area contributed by atoms with Crippen LogP contribution >= 0.6 is 24.0 Å². The number of aliphatic imine (C=N–C) groups is 1. The van der Waals surface area contributed by atoms with Gasteiger partial charge in [-0.1, -0.05) is 13.8 Å². The molecule has 0 aliphatic heterocycles. The smallest absolute Gasteiger partial charge is 0.191 e. The van der Waals surface area contributed by atoms with Gasteiger partial charge in [-0.05, 0) is 25.9 Å². The lowest BCUT2D eigenvalue weighted by Crippen LogP contribution is -2.42. The van der Waals surface area contributed by atoms with Gasteiger partial charge in [0.05, 0.1) is 13.2 Å². The van der Waals surface area contributed by atoms with Gasteiger partial charge in [-0.15, -0.1) is 24.0 Å². The number of ether oxygens (including phenoxy) is 2. The van der Waals surface area contributed by atoms with Crippen LogP contribution in [0.15, 0.2) is 4.99 Å². The number of hydrogen-bond acceptors (Lipinski definition) is 4. The van der Waals surface area contributed by atoms with Crippen LogP contribution in [0.4, 0.5) is 0 Å². The molecule has 0 aromatic rings. The van der Waals surface area contributed by atoms with Crippen molar-refractivity contribution in [2.24, 2.45) is 4.99 Å². The summed E-state index contributed by atoms with van der Waals surface area (Å²) >= 11 is 0. The Kier molecular flexibility index (Phi) is 20.8. The SMILES string of the molecule is CCCN(CC)CCNC(=NC)NCCCOCCOC.I. The molecule has 0 spiro atoms. The van der Waals surface area contributed by atoms with E-state index in [1.54, 1.807) is 14.2 Å². The van der Waals surface area contributed by atoms with Crippen LogP contribution in [-0.4, -0.2) is 77.6 Å². The maximum Gasteiger partial charge on any atom is 0.191 e. The van der Waals surface area contributed by atoms with Crippen LogP contribution < -0.4 is 10.6 Å². The van der Waals surface area contributed by atoms with Crippen LogP contribution in [0.5, 0.6) is 0 Å². The molecule has 0 atom stereocenters.